The Labute approximate surface area is 101 Å². The van der Waals surface area contributed by atoms with Gasteiger partial charge in [0.25, 0.3) is 0 Å². The largest absolute Gasteiger partial charge is 0.406 e. The van der Waals surface area contributed by atoms with Crippen molar-refractivity contribution in [3.63, 3.8) is 0 Å². The molecule has 1 saturated heterocycles. The minimum atomic E-state index is -0.215. The average Bonchev–Trinajstić information content (AvgIpc) is 2.79. The molecule has 17 heavy (non-hydrogen) atoms. The Morgan fingerprint density at radius 1 is 1.41 bits per heavy atom. The Morgan fingerprint density at radius 3 is 2.71 bits per heavy atom. The van der Waals surface area contributed by atoms with Gasteiger partial charge in [0.05, 0.1) is 6.04 Å². The molecule has 1 aromatic heterocycles. The molecule has 0 radical (unpaired) electrons. The van der Waals surface area contributed by atoms with Crippen molar-refractivity contribution >= 4 is 6.01 Å². The van der Waals surface area contributed by atoms with Crippen LogP contribution < -0.4 is 10.6 Å². The minimum absolute atomic E-state index is 0.215. The topological polar surface area (TPSA) is 77.4 Å². The van der Waals surface area contributed by atoms with E-state index in [2.05, 4.69) is 10.2 Å². The third-order valence-electron chi connectivity index (χ3n) is 3.02. The summed E-state index contributed by atoms with van der Waals surface area (Å²) in [5.41, 5.74) is 5.68. The normalized spacial score (nSPS) is 19.2. The van der Waals surface area contributed by atoms with Crippen molar-refractivity contribution in [2.45, 2.75) is 25.8 Å². The predicted molar refractivity (Wildman–Crippen MR) is 63.7 cm³/mol. The number of nitrogens with zero attached hydrogens (tertiary/aromatic N) is 3. The van der Waals surface area contributed by atoms with E-state index < -0.39 is 0 Å². The summed E-state index contributed by atoms with van der Waals surface area (Å²) in [5.74, 6) is 1.12. The molecule has 0 aromatic carbocycles. The number of rotatable bonds is 4. The molecule has 1 unspecified atom stereocenters. The van der Waals surface area contributed by atoms with Gasteiger partial charge in [-0.1, -0.05) is 5.10 Å². The zero-order chi connectivity index (χ0) is 12.3. The maximum absolute atomic E-state index is 5.68. The van der Waals surface area contributed by atoms with Crippen LogP contribution in [0.4, 0.5) is 6.01 Å². The number of aromatic nitrogens is 2. The molecule has 2 rings (SSSR count). The highest BCUT2D eigenvalue weighted by atomic mass is 16.5. The van der Waals surface area contributed by atoms with Crippen molar-refractivity contribution in [2.24, 2.45) is 11.7 Å². The van der Waals surface area contributed by atoms with Crippen molar-refractivity contribution < 1.29 is 9.15 Å². The Hall–Kier alpha value is -1.14. The standard InChI is InChI=1S/C11H20N4O2/c1-8(12)10-13-14-11(17-10)15(2)7-9-3-5-16-6-4-9/h8-9H,3-7,12H2,1-2H3. The van der Waals surface area contributed by atoms with Gasteiger partial charge in [-0.15, -0.1) is 5.10 Å². The van der Waals surface area contributed by atoms with E-state index in [4.69, 9.17) is 14.9 Å². The van der Waals surface area contributed by atoms with E-state index in [1.165, 1.54) is 0 Å². The SMILES string of the molecule is CC(N)c1nnc(N(C)CC2CCOCC2)o1. The molecule has 0 aliphatic carbocycles. The van der Waals surface area contributed by atoms with Crippen LogP contribution in [0.2, 0.25) is 0 Å². The maximum Gasteiger partial charge on any atom is 0.317 e. The van der Waals surface area contributed by atoms with Crippen LogP contribution in [-0.4, -0.2) is 37.0 Å². The first kappa shape index (κ1) is 12.3. The third-order valence-corrected chi connectivity index (χ3v) is 3.02. The van der Waals surface area contributed by atoms with Gasteiger partial charge in [-0.05, 0) is 25.7 Å². The lowest BCUT2D eigenvalue weighted by molar-refractivity contribution is 0.0682. The fourth-order valence-corrected chi connectivity index (χ4v) is 1.96. The van der Waals surface area contributed by atoms with Crippen molar-refractivity contribution in [3.8, 4) is 0 Å². The summed E-state index contributed by atoms with van der Waals surface area (Å²) in [5, 5.41) is 7.92. The van der Waals surface area contributed by atoms with Crippen LogP contribution in [0.15, 0.2) is 4.42 Å². The highest BCUT2D eigenvalue weighted by Crippen LogP contribution is 2.20. The molecule has 1 aromatic rings. The smallest absolute Gasteiger partial charge is 0.317 e. The fraction of sp³-hybridized carbons (Fsp3) is 0.818. The number of hydrogen-bond acceptors (Lipinski definition) is 6. The van der Waals surface area contributed by atoms with E-state index >= 15 is 0 Å². The number of ether oxygens (including phenoxy) is 1. The fourth-order valence-electron chi connectivity index (χ4n) is 1.96. The summed E-state index contributed by atoms with van der Waals surface area (Å²) in [6.45, 7) is 4.46. The summed E-state index contributed by atoms with van der Waals surface area (Å²) in [6, 6.07) is 0.330. The number of nitrogens with two attached hydrogens (primary N) is 1. The van der Waals surface area contributed by atoms with E-state index in [0.717, 1.165) is 32.6 Å². The van der Waals surface area contributed by atoms with E-state index in [9.17, 15) is 0 Å². The van der Waals surface area contributed by atoms with Crippen LogP contribution in [0.1, 0.15) is 31.7 Å². The Balaban J connectivity index is 1.91. The molecule has 96 valence electrons. The lowest BCUT2D eigenvalue weighted by Crippen LogP contribution is -2.29. The third kappa shape index (κ3) is 3.17. The molecular weight excluding hydrogens is 220 g/mol. The van der Waals surface area contributed by atoms with Crippen LogP contribution in [0.5, 0.6) is 0 Å². The van der Waals surface area contributed by atoms with Crippen LogP contribution in [-0.2, 0) is 4.74 Å². The van der Waals surface area contributed by atoms with E-state index in [1.807, 2.05) is 18.9 Å². The predicted octanol–water partition coefficient (Wildman–Crippen LogP) is 0.952. The molecule has 0 amide bonds. The van der Waals surface area contributed by atoms with Crippen molar-refractivity contribution in [1.82, 2.24) is 10.2 Å². The summed E-state index contributed by atoms with van der Waals surface area (Å²) >= 11 is 0. The second-order valence-electron chi connectivity index (χ2n) is 4.65. The first-order valence-electron chi connectivity index (χ1n) is 6.04. The van der Waals surface area contributed by atoms with Crippen LogP contribution in [0.3, 0.4) is 0 Å². The van der Waals surface area contributed by atoms with Gasteiger partial charge in [-0.25, -0.2) is 0 Å². The Bertz CT molecular complexity index is 347. The number of hydrogen-bond donors (Lipinski definition) is 1. The molecule has 6 nitrogen and oxygen atoms in total. The van der Waals surface area contributed by atoms with Gasteiger partial charge in [0.1, 0.15) is 0 Å². The second-order valence-corrected chi connectivity index (χ2v) is 4.65. The van der Waals surface area contributed by atoms with Gasteiger partial charge in [0, 0.05) is 26.8 Å². The molecule has 2 heterocycles. The van der Waals surface area contributed by atoms with Gasteiger partial charge >= 0.3 is 6.01 Å². The summed E-state index contributed by atoms with van der Waals surface area (Å²) < 4.78 is 10.8. The van der Waals surface area contributed by atoms with Gasteiger partial charge in [0.2, 0.25) is 5.89 Å². The molecule has 1 aliphatic rings. The van der Waals surface area contributed by atoms with Gasteiger partial charge < -0.3 is 19.8 Å². The van der Waals surface area contributed by atoms with Gasteiger partial charge in [-0.3, -0.25) is 0 Å². The quantitative estimate of drug-likeness (QED) is 0.844. The van der Waals surface area contributed by atoms with E-state index in [1.54, 1.807) is 0 Å². The molecule has 1 atom stereocenters. The lowest BCUT2D eigenvalue weighted by atomic mass is 10.0. The first-order valence-corrected chi connectivity index (χ1v) is 6.04. The lowest BCUT2D eigenvalue weighted by Gasteiger charge is -2.25. The molecule has 6 heteroatoms. The van der Waals surface area contributed by atoms with Crippen LogP contribution in [0, 0.1) is 5.92 Å². The monoisotopic (exact) mass is 240 g/mol. The number of anilines is 1. The van der Waals surface area contributed by atoms with Gasteiger partial charge in [-0.2, -0.15) is 0 Å². The second kappa shape index (κ2) is 5.46. The molecule has 2 N–H and O–H groups in total. The summed E-state index contributed by atoms with van der Waals surface area (Å²) in [4.78, 5) is 1.99. The molecule has 0 spiro atoms. The molecule has 1 aliphatic heterocycles. The van der Waals surface area contributed by atoms with Crippen LogP contribution >= 0.6 is 0 Å². The average molecular weight is 240 g/mol. The molecule has 0 saturated carbocycles. The van der Waals surface area contributed by atoms with Crippen molar-refractivity contribution in [3.05, 3.63) is 5.89 Å². The van der Waals surface area contributed by atoms with E-state index in [0.29, 0.717) is 17.8 Å². The summed E-state index contributed by atoms with van der Waals surface area (Å²) in [6.07, 6.45) is 2.19. The summed E-state index contributed by atoms with van der Waals surface area (Å²) in [7, 11) is 1.97. The highest BCUT2D eigenvalue weighted by molar-refractivity contribution is 5.22. The molecule has 1 fully saturated rings. The van der Waals surface area contributed by atoms with E-state index in [-0.39, 0.29) is 6.04 Å². The zero-order valence-electron chi connectivity index (χ0n) is 10.4. The zero-order valence-corrected chi connectivity index (χ0v) is 10.4. The van der Waals surface area contributed by atoms with Gasteiger partial charge in [0.15, 0.2) is 0 Å². The van der Waals surface area contributed by atoms with Crippen molar-refractivity contribution in [1.29, 1.82) is 0 Å². The maximum atomic E-state index is 5.68. The minimum Gasteiger partial charge on any atom is -0.406 e. The van der Waals surface area contributed by atoms with Crippen LogP contribution in [0.25, 0.3) is 0 Å². The highest BCUT2D eigenvalue weighted by Gasteiger charge is 2.19. The first-order chi connectivity index (χ1) is 8.16. The Kier molecular flexibility index (Phi) is 3.96. The Morgan fingerprint density at radius 2 is 2.12 bits per heavy atom. The molecule has 0 bridgehead atoms. The van der Waals surface area contributed by atoms with Crippen molar-refractivity contribution in [2.75, 3.05) is 31.7 Å². The molecular formula is C11H20N4O2.